The molecule has 0 saturated heterocycles. The van der Waals surface area contributed by atoms with Crippen molar-refractivity contribution in [3.05, 3.63) is 40.5 Å². The van der Waals surface area contributed by atoms with Crippen LogP contribution in [0.5, 0.6) is 0 Å². The Balaban J connectivity index is 2.97. The van der Waals surface area contributed by atoms with E-state index in [1.807, 2.05) is 12.2 Å². The molecule has 1 nitrogen and oxygen atoms in total. The number of carbonyl (C=O) groups excluding carboxylic acids is 1. The third-order valence-electron chi connectivity index (χ3n) is 2.41. The molecule has 0 unspecified atom stereocenters. The summed E-state index contributed by atoms with van der Waals surface area (Å²) >= 11 is 0. The van der Waals surface area contributed by atoms with E-state index in [2.05, 4.69) is 32.9 Å². The quantitative estimate of drug-likeness (QED) is 0.666. The summed E-state index contributed by atoms with van der Waals surface area (Å²) in [6, 6.07) is 4.34. The second-order valence-corrected chi connectivity index (χ2v) is 3.60. The maximum absolute atomic E-state index is 10.1. The van der Waals surface area contributed by atoms with Crippen molar-refractivity contribution in [2.45, 2.75) is 27.2 Å². The van der Waals surface area contributed by atoms with E-state index in [1.54, 1.807) is 0 Å². The molecule has 0 aliphatic rings. The molecule has 0 amide bonds. The van der Waals surface area contributed by atoms with E-state index in [1.165, 1.54) is 22.3 Å². The summed E-state index contributed by atoms with van der Waals surface area (Å²) < 4.78 is 0. The van der Waals surface area contributed by atoms with Gasteiger partial charge in [-0.15, -0.1) is 0 Å². The summed E-state index contributed by atoms with van der Waals surface area (Å²) in [5.74, 6) is 0. The lowest BCUT2D eigenvalue weighted by Gasteiger charge is -2.05. The highest BCUT2D eigenvalue weighted by molar-refractivity contribution is 5.60. The Hall–Kier alpha value is -1.37. The summed E-state index contributed by atoms with van der Waals surface area (Å²) in [7, 11) is 0. The number of aryl methyl sites for hydroxylation is 3. The standard InChI is InChI=1S/C13H16O/c1-10-8-12(3)13(9-11(10)2)6-4-5-7-14/h4,6-9H,5H2,1-3H3. The van der Waals surface area contributed by atoms with Gasteiger partial charge in [-0.1, -0.05) is 24.3 Å². The van der Waals surface area contributed by atoms with Crippen LogP contribution in [0.1, 0.15) is 28.7 Å². The third-order valence-corrected chi connectivity index (χ3v) is 2.41. The van der Waals surface area contributed by atoms with Gasteiger partial charge in [0.2, 0.25) is 0 Å². The zero-order valence-corrected chi connectivity index (χ0v) is 9.00. The molecule has 0 fully saturated rings. The number of carbonyl (C=O) groups is 1. The van der Waals surface area contributed by atoms with Crippen LogP contribution in [0.4, 0.5) is 0 Å². The molecular formula is C13H16O. The van der Waals surface area contributed by atoms with E-state index in [0.717, 1.165) is 6.29 Å². The van der Waals surface area contributed by atoms with Crippen LogP contribution in [0.2, 0.25) is 0 Å². The van der Waals surface area contributed by atoms with Gasteiger partial charge >= 0.3 is 0 Å². The average molecular weight is 188 g/mol. The first-order valence-electron chi connectivity index (χ1n) is 4.83. The minimum atomic E-state index is 0.492. The molecule has 74 valence electrons. The Morgan fingerprint density at radius 2 is 1.71 bits per heavy atom. The minimum Gasteiger partial charge on any atom is -0.303 e. The van der Waals surface area contributed by atoms with Crippen LogP contribution < -0.4 is 0 Å². The Kier molecular flexibility index (Phi) is 3.63. The second kappa shape index (κ2) is 4.75. The number of hydrogen-bond donors (Lipinski definition) is 0. The minimum absolute atomic E-state index is 0.492. The molecule has 1 rings (SSSR count). The zero-order valence-electron chi connectivity index (χ0n) is 9.00. The monoisotopic (exact) mass is 188 g/mol. The molecular weight excluding hydrogens is 172 g/mol. The first kappa shape index (κ1) is 10.7. The van der Waals surface area contributed by atoms with Gasteiger partial charge < -0.3 is 4.79 Å². The number of allylic oxidation sites excluding steroid dienone is 1. The van der Waals surface area contributed by atoms with Crippen LogP contribution in [-0.2, 0) is 4.79 Å². The topological polar surface area (TPSA) is 17.1 Å². The highest BCUT2D eigenvalue weighted by Crippen LogP contribution is 2.16. The van der Waals surface area contributed by atoms with Gasteiger partial charge in [-0.2, -0.15) is 0 Å². The van der Waals surface area contributed by atoms with E-state index in [0.29, 0.717) is 6.42 Å². The predicted octanol–water partition coefficient (Wildman–Crippen LogP) is 3.21. The van der Waals surface area contributed by atoms with Crippen molar-refractivity contribution in [2.75, 3.05) is 0 Å². The molecule has 0 N–H and O–H groups in total. The molecule has 1 aromatic carbocycles. The molecule has 1 heteroatoms. The zero-order chi connectivity index (χ0) is 10.6. The van der Waals surface area contributed by atoms with Gasteiger partial charge in [0.1, 0.15) is 6.29 Å². The smallest absolute Gasteiger partial charge is 0.123 e. The van der Waals surface area contributed by atoms with Crippen molar-refractivity contribution in [1.29, 1.82) is 0 Å². The van der Waals surface area contributed by atoms with Crippen molar-refractivity contribution in [3.8, 4) is 0 Å². The fourth-order valence-electron chi connectivity index (χ4n) is 1.41. The molecule has 14 heavy (non-hydrogen) atoms. The lowest BCUT2D eigenvalue weighted by molar-refractivity contribution is -0.107. The van der Waals surface area contributed by atoms with Gasteiger partial charge in [-0.05, 0) is 43.0 Å². The first-order chi connectivity index (χ1) is 6.65. The summed E-state index contributed by atoms with van der Waals surface area (Å²) in [5.41, 5.74) is 5.07. The molecule has 0 saturated carbocycles. The summed E-state index contributed by atoms with van der Waals surface area (Å²) in [4.78, 5) is 10.1. The van der Waals surface area contributed by atoms with Crippen LogP contribution in [0.25, 0.3) is 6.08 Å². The van der Waals surface area contributed by atoms with Crippen LogP contribution in [-0.4, -0.2) is 6.29 Å². The molecule has 1 aromatic rings. The fourth-order valence-corrected chi connectivity index (χ4v) is 1.41. The van der Waals surface area contributed by atoms with Gasteiger partial charge in [0.05, 0.1) is 0 Å². The number of benzene rings is 1. The summed E-state index contributed by atoms with van der Waals surface area (Å²) in [6.07, 6.45) is 5.31. The number of aldehydes is 1. The lowest BCUT2D eigenvalue weighted by atomic mass is 10.0. The van der Waals surface area contributed by atoms with E-state index < -0.39 is 0 Å². The maximum Gasteiger partial charge on any atom is 0.123 e. The van der Waals surface area contributed by atoms with Crippen LogP contribution in [0.15, 0.2) is 18.2 Å². The molecule has 0 atom stereocenters. The molecule has 0 spiro atoms. The highest BCUT2D eigenvalue weighted by atomic mass is 16.1. The Labute approximate surface area is 85.5 Å². The van der Waals surface area contributed by atoms with Gasteiger partial charge in [0.25, 0.3) is 0 Å². The van der Waals surface area contributed by atoms with Gasteiger partial charge in [-0.3, -0.25) is 0 Å². The van der Waals surface area contributed by atoms with Crippen molar-refractivity contribution in [1.82, 2.24) is 0 Å². The van der Waals surface area contributed by atoms with Gasteiger partial charge in [0.15, 0.2) is 0 Å². The van der Waals surface area contributed by atoms with Crippen molar-refractivity contribution in [2.24, 2.45) is 0 Å². The van der Waals surface area contributed by atoms with Crippen LogP contribution in [0.3, 0.4) is 0 Å². The number of rotatable bonds is 3. The van der Waals surface area contributed by atoms with E-state index in [4.69, 9.17) is 0 Å². The third kappa shape index (κ3) is 2.56. The van der Waals surface area contributed by atoms with Gasteiger partial charge in [0, 0.05) is 6.42 Å². The van der Waals surface area contributed by atoms with Gasteiger partial charge in [-0.25, -0.2) is 0 Å². The van der Waals surface area contributed by atoms with Crippen molar-refractivity contribution >= 4 is 12.4 Å². The van der Waals surface area contributed by atoms with Crippen molar-refractivity contribution < 1.29 is 4.79 Å². The number of hydrogen-bond acceptors (Lipinski definition) is 1. The summed E-state index contributed by atoms with van der Waals surface area (Å²) in [6.45, 7) is 6.31. The van der Waals surface area contributed by atoms with E-state index in [-0.39, 0.29) is 0 Å². The summed E-state index contributed by atoms with van der Waals surface area (Å²) in [5, 5.41) is 0. The van der Waals surface area contributed by atoms with Crippen LogP contribution >= 0.6 is 0 Å². The Morgan fingerprint density at radius 1 is 1.07 bits per heavy atom. The molecule has 0 aliphatic carbocycles. The molecule has 0 aromatic heterocycles. The molecule has 0 aliphatic heterocycles. The SMILES string of the molecule is Cc1cc(C)c(C=CCC=O)cc1C. The van der Waals surface area contributed by atoms with E-state index in [9.17, 15) is 4.79 Å². The van der Waals surface area contributed by atoms with Crippen LogP contribution in [0, 0.1) is 20.8 Å². The lowest BCUT2D eigenvalue weighted by Crippen LogP contribution is -1.87. The van der Waals surface area contributed by atoms with Crippen molar-refractivity contribution in [3.63, 3.8) is 0 Å². The Bertz CT molecular complexity index is 362. The van der Waals surface area contributed by atoms with E-state index >= 15 is 0 Å². The highest BCUT2D eigenvalue weighted by Gasteiger charge is 1.97. The largest absolute Gasteiger partial charge is 0.303 e. The maximum atomic E-state index is 10.1. The second-order valence-electron chi connectivity index (χ2n) is 3.60. The fraction of sp³-hybridized carbons (Fsp3) is 0.308. The molecule has 0 bridgehead atoms. The Morgan fingerprint density at radius 3 is 2.36 bits per heavy atom. The molecule has 0 radical (unpaired) electrons. The molecule has 0 heterocycles. The normalized spacial score (nSPS) is 10.8. The first-order valence-corrected chi connectivity index (χ1v) is 4.83. The average Bonchev–Trinajstić information content (AvgIpc) is 2.14. The predicted molar refractivity (Wildman–Crippen MR) is 60.4 cm³/mol.